The first-order chi connectivity index (χ1) is 10.0. The number of anilines is 2. The number of fused-ring (bicyclic) bond motifs is 1. The Morgan fingerprint density at radius 1 is 1.24 bits per heavy atom. The van der Waals surface area contributed by atoms with Crippen LogP contribution in [0.15, 0.2) is 36.4 Å². The van der Waals surface area contributed by atoms with Crippen molar-refractivity contribution in [2.24, 2.45) is 0 Å². The quantitative estimate of drug-likeness (QED) is 0.895. The fraction of sp³-hybridized carbons (Fsp3) is 0.0667. The van der Waals surface area contributed by atoms with Gasteiger partial charge in [-0.25, -0.2) is 4.39 Å². The molecule has 1 aliphatic rings. The maximum atomic E-state index is 13.6. The van der Waals surface area contributed by atoms with Crippen LogP contribution < -0.4 is 10.6 Å². The maximum absolute atomic E-state index is 13.6. The molecule has 0 saturated carbocycles. The van der Waals surface area contributed by atoms with E-state index < -0.39 is 11.7 Å². The summed E-state index contributed by atoms with van der Waals surface area (Å²) in [6.45, 7) is 0. The van der Waals surface area contributed by atoms with Crippen molar-refractivity contribution < 1.29 is 14.0 Å². The van der Waals surface area contributed by atoms with E-state index in [-0.39, 0.29) is 16.6 Å². The summed E-state index contributed by atoms with van der Waals surface area (Å²) in [6, 6.07) is 8.89. The summed E-state index contributed by atoms with van der Waals surface area (Å²) in [6.07, 6.45) is 0.309. The Hall–Kier alpha value is -2.40. The molecule has 6 heteroatoms. The second-order valence-corrected chi connectivity index (χ2v) is 5.11. The summed E-state index contributed by atoms with van der Waals surface area (Å²) >= 11 is 5.66. The van der Waals surface area contributed by atoms with E-state index in [1.165, 1.54) is 12.1 Å². The molecule has 0 bridgehead atoms. The molecular weight excluding hydrogens is 295 g/mol. The van der Waals surface area contributed by atoms with Gasteiger partial charge in [-0.15, -0.1) is 0 Å². The van der Waals surface area contributed by atoms with Crippen molar-refractivity contribution in [3.05, 3.63) is 58.4 Å². The Bertz CT molecular complexity index is 761. The van der Waals surface area contributed by atoms with E-state index in [4.69, 9.17) is 11.6 Å². The van der Waals surface area contributed by atoms with Gasteiger partial charge >= 0.3 is 0 Å². The van der Waals surface area contributed by atoms with Crippen LogP contribution in [-0.2, 0) is 11.2 Å². The number of carbonyl (C=O) groups is 2. The van der Waals surface area contributed by atoms with E-state index in [2.05, 4.69) is 10.6 Å². The lowest BCUT2D eigenvalue weighted by atomic mass is 10.1. The lowest BCUT2D eigenvalue weighted by molar-refractivity contribution is -0.115. The normalized spacial score (nSPS) is 12.8. The number of hydrogen-bond acceptors (Lipinski definition) is 2. The molecule has 0 aromatic heterocycles. The van der Waals surface area contributed by atoms with Crippen molar-refractivity contribution >= 4 is 34.8 Å². The van der Waals surface area contributed by atoms with Gasteiger partial charge in [-0.2, -0.15) is 0 Å². The molecule has 1 aliphatic heterocycles. The summed E-state index contributed by atoms with van der Waals surface area (Å²) in [4.78, 5) is 23.4. The zero-order chi connectivity index (χ0) is 15.0. The molecule has 2 N–H and O–H groups in total. The van der Waals surface area contributed by atoms with Crippen LogP contribution in [0, 0.1) is 5.82 Å². The highest BCUT2D eigenvalue weighted by atomic mass is 35.5. The number of halogens is 2. The molecule has 21 heavy (non-hydrogen) atoms. The van der Waals surface area contributed by atoms with Crippen LogP contribution in [0.4, 0.5) is 15.8 Å². The Morgan fingerprint density at radius 2 is 2.05 bits per heavy atom. The third-order valence-corrected chi connectivity index (χ3v) is 3.41. The monoisotopic (exact) mass is 304 g/mol. The SMILES string of the molecule is O=C1Cc2ccc(C(=O)Nc3ccc(Cl)cc3F)cc2N1. The molecule has 0 saturated heterocycles. The molecule has 0 atom stereocenters. The molecule has 3 rings (SSSR count). The van der Waals surface area contributed by atoms with Gasteiger partial charge in [-0.05, 0) is 35.9 Å². The predicted octanol–water partition coefficient (Wildman–Crippen LogP) is 3.23. The molecule has 1 heterocycles. The zero-order valence-corrected chi connectivity index (χ0v) is 11.5. The van der Waals surface area contributed by atoms with E-state index in [0.29, 0.717) is 17.7 Å². The van der Waals surface area contributed by atoms with Crippen molar-refractivity contribution in [3.63, 3.8) is 0 Å². The van der Waals surface area contributed by atoms with E-state index in [0.717, 1.165) is 11.6 Å². The van der Waals surface area contributed by atoms with E-state index in [1.807, 2.05) is 0 Å². The van der Waals surface area contributed by atoms with Crippen LogP contribution in [0.1, 0.15) is 15.9 Å². The van der Waals surface area contributed by atoms with E-state index in [9.17, 15) is 14.0 Å². The second kappa shape index (κ2) is 5.18. The molecule has 106 valence electrons. The molecule has 0 spiro atoms. The molecular formula is C15H10ClFN2O2. The van der Waals surface area contributed by atoms with Crippen molar-refractivity contribution in [2.75, 3.05) is 10.6 Å². The van der Waals surface area contributed by atoms with Crippen LogP contribution in [0.3, 0.4) is 0 Å². The number of rotatable bonds is 2. The number of hydrogen-bond donors (Lipinski definition) is 2. The maximum Gasteiger partial charge on any atom is 0.255 e. The molecule has 2 aromatic carbocycles. The van der Waals surface area contributed by atoms with Crippen molar-refractivity contribution in [1.82, 2.24) is 0 Å². The zero-order valence-electron chi connectivity index (χ0n) is 10.7. The van der Waals surface area contributed by atoms with Gasteiger partial charge in [-0.3, -0.25) is 9.59 Å². The smallest absolute Gasteiger partial charge is 0.255 e. The standard InChI is InChI=1S/C15H10ClFN2O2/c16-10-3-4-12(11(17)7-10)19-15(21)9-2-1-8-6-14(20)18-13(8)5-9/h1-5,7H,6H2,(H,18,20)(H,19,21). The Kier molecular flexibility index (Phi) is 3.35. The fourth-order valence-electron chi connectivity index (χ4n) is 2.14. The van der Waals surface area contributed by atoms with Gasteiger partial charge in [0.15, 0.2) is 0 Å². The summed E-state index contributed by atoms with van der Waals surface area (Å²) in [5.41, 5.74) is 1.85. The first-order valence-corrected chi connectivity index (χ1v) is 6.60. The molecule has 2 aromatic rings. The third kappa shape index (κ3) is 2.73. The van der Waals surface area contributed by atoms with E-state index in [1.54, 1.807) is 18.2 Å². The third-order valence-electron chi connectivity index (χ3n) is 3.18. The lowest BCUT2D eigenvalue weighted by Gasteiger charge is -2.08. The minimum atomic E-state index is -0.606. The summed E-state index contributed by atoms with van der Waals surface area (Å²) in [5, 5.41) is 5.39. The van der Waals surface area contributed by atoms with Crippen molar-refractivity contribution in [2.45, 2.75) is 6.42 Å². The Morgan fingerprint density at radius 3 is 2.81 bits per heavy atom. The van der Waals surface area contributed by atoms with Crippen LogP contribution in [0.25, 0.3) is 0 Å². The summed E-state index contributed by atoms with van der Waals surface area (Å²) < 4.78 is 13.6. The van der Waals surface area contributed by atoms with Crippen LogP contribution in [0.5, 0.6) is 0 Å². The fourth-order valence-corrected chi connectivity index (χ4v) is 2.30. The van der Waals surface area contributed by atoms with Crippen LogP contribution >= 0.6 is 11.6 Å². The number of carbonyl (C=O) groups excluding carboxylic acids is 2. The average molecular weight is 305 g/mol. The first-order valence-electron chi connectivity index (χ1n) is 6.22. The van der Waals surface area contributed by atoms with Crippen LogP contribution in [-0.4, -0.2) is 11.8 Å². The van der Waals surface area contributed by atoms with Gasteiger partial charge in [0.05, 0.1) is 12.1 Å². The lowest BCUT2D eigenvalue weighted by Crippen LogP contribution is -2.13. The predicted molar refractivity (Wildman–Crippen MR) is 78.1 cm³/mol. The first kappa shape index (κ1) is 13.6. The van der Waals surface area contributed by atoms with Crippen molar-refractivity contribution in [3.8, 4) is 0 Å². The molecule has 0 radical (unpaired) electrons. The molecule has 0 unspecified atom stereocenters. The summed E-state index contributed by atoms with van der Waals surface area (Å²) in [5.74, 6) is -1.17. The van der Waals surface area contributed by atoms with Gasteiger partial charge in [0, 0.05) is 16.3 Å². The molecule has 0 fully saturated rings. The second-order valence-electron chi connectivity index (χ2n) is 4.68. The minimum absolute atomic E-state index is 0.0499. The van der Waals surface area contributed by atoms with Crippen molar-refractivity contribution in [1.29, 1.82) is 0 Å². The van der Waals surface area contributed by atoms with Gasteiger partial charge in [-0.1, -0.05) is 17.7 Å². The highest BCUT2D eigenvalue weighted by Gasteiger charge is 2.19. The molecule has 0 aliphatic carbocycles. The average Bonchev–Trinajstić information content (AvgIpc) is 2.80. The van der Waals surface area contributed by atoms with Gasteiger partial charge in [0.2, 0.25) is 5.91 Å². The number of nitrogens with one attached hydrogen (secondary N) is 2. The van der Waals surface area contributed by atoms with Gasteiger partial charge in [0.1, 0.15) is 5.82 Å². The Balaban J connectivity index is 1.83. The van der Waals surface area contributed by atoms with Gasteiger partial charge < -0.3 is 10.6 Å². The van der Waals surface area contributed by atoms with E-state index >= 15 is 0 Å². The Labute approximate surface area is 124 Å². The number of amides is 2. The van der Waals surface area contributed by atoms with Crippen LogP contribution in [0.2, 0.25) is 5.02 Å². The summed E-state index contributed by atoms with van der Waals surface area (Å²) in [7, 11) is 0. The number of benzene rings is 2. The highest BCUT2D eigenvalue weighted by Crippen LogP contribution is 2.25. The molecule has 4 nitrogen and oxygen atoms in total. The minimum Gasteiger partial charge on any atom is -0.326 e. The topological polar surface area (TPSA) is 58.2 Å². The highest BCUT2D eigenvalue weighted by molar-refractivity contribution is 6.30. The largest absolute Gasteiger partial charge is 0.326 e. The molecule has 2 amide bonds. The van der Waals surface area contributed by atoms with Gasteiger partial charge in [0.25, 0.3) is 5.91 Å².